The van der Waals surface area contributed by atoms with Crippen LogP contribution in [0.1, 0.15) is 79.3 Å². The lowest BCUT2D eigenvalue weighted by Crippen LogP contribution is -2.25. The Hall–Kier alpha value is -3.36. The van der Waals surface area contributed by atoms with Crippen LogP contribution in [0.3, 0.4) is 0 Å². The molecule has 1 N–H and O–H groups in total. The van der Waals surface area contributed by atoms with E-state index in [0.717, 1.165) is 25.7 Å². The van der Waals surface area contributed by atoms with E-state index in [1.54, 1.807) is 0 Å². The van der Waals surface area contributed by atoms with E-state index >= 15 is 0 Å². The zero-order chi connectivity index (χ0) is 30.0. The van der Waals surface area contributed by atoms with Gasteiger partial charge in [-0.2, -0.15) is 0 Å². The molecule has 0 radical (unpaired) electrons. The Morgan fingerprint density at radius 3 is 2.38 bits per heavy atom. The molecule has 1 aliphatic rings. The second kappa shape index (κ2) is 18.9. The van der Waals surface area contributed by atoms with Gasteiger partial charge in [-0.25, -0.2) is 0 Å². The van der Waals surface area contributed by atoms with Gasteiger partial charge in [0.05, 0.1) is 6.61 Å². The van der Waals surface area contributed by atoms with E-state index in [1.807, 2.05) is 24.3 Å². The number of ketones is 3. The first kappa shape index (κ1) is 33.1. The first-order chi connectivity index (χ1) is 20.4. The summed E-state index contributed by atoms with van der Waals surface area (Å²) in [4.78, 5) is 48.1. The summed E-state index contributed by atoms with van der Waals surface area (Å²) in [5.74, 6) is 1.09. The molecule has 2 aromatic rings. The van der Waals surface area contributed by atoms with E-state index in [-0.39, 0.29) is 42.7 Å². The van der Waals surface area contributed by atoms with Gasteiger partial charge in [0.2, 0.25) is 5.91 Å². The van der Waals surface area contributed by atoms with Crippen LogP contribution in [-0.2, 0) is 36.7 Å². The van der Waals surface area contributed by atoms with Gasteiger partial charge in [0.15, 0.2) is 11.6 Å². The minimum absolute atomic E-state index is 0.00465. The Morgan fingerprint density at radius 2 is 1.60 bits per heavy atom. The number of fused-ring (bicyclic) bond motifs is 1. The summed E-state index contributed by atoms with van der Waals surface area (Å²) in [6.45, 7) is 1.72. The van der Waals surface area contributed by atoms with Crippen molar-refractivity contribution in [1.29, 1.82) is 0 Å². The van der Waals surface area contributed by atoms with Crippen molar-refractivity contribution < 1.29 is 33.4 Å². The number of nitrogens with one attached hydrogen (secondary N) is 1. The fraction of sp³-hybridized carbons (Fsp3) is 0.529. The molecule has 1 atom stereocenters. The summed E-state index contributed by atoms with van der Waals surface area (Å²) >= 11 is 0. The normalized spacial score (nSPS) is 14.5. The van der Waals surface area contributed by atoms with Crippen LogP contribution in [0.2, 0.25) is 0 Å². The molecule has 0 spiro atoms. The molecule has 2 aromatic carbocycles. The van der Waals surface area contributed by atoms with Gasteiger partial charge in [0.1, 0.15) is 24.7 Å². The topological polar surface area (TPSA) is 108 Å². The fourth-order valence-electron chi connectivity index (χ4n) is 5.19. The summed E-state index contributed by atoms with van der Waals surface area (Å²) in [7, 11) is 1.47. The van der Waals surface area contributed by atoms with Crippen molar-refractivity contribution in [2.24, 2.45) is 5.92 Å². The first-order valence-electron chi connectivity index (χ1n) is 15.1. The third-order valence-electron chi connectivity index (χ3n) is 7.47. The van der Waals surface area contributed by atoms with Crippen molar-refractivity contribution in [2.75, 3.05) is 40.1 Å². The minimum atomic E-state index is -0.181. The Bertz CT molecular complexity index is 1140. The zero-order valence-electron chi connectivity index (χ0n) is 24.9. The van der Waals surface area contributed by atoms with Gasteiger partial charge >= 0.3 is 0 Å². The Labute approximate surface area is 249 Å². The van der Waals surface area contributed by atoms with Crippen LogP contribution < -0.4 is 10.1 Å². The molecule has 0 aliphatic heterocycles. The minimum Gasteiger partial charge on any atom is -0.491 e. The van der Waals surface area contributed by atoms with E-state index in [0.29, 0.717) is 75.7 Å². The highest BCUT2D eigenvalue weighted by Gasteiger charge is 2.20. The molecule has 0 saturated carbocycles. The second-order valence-electron chi connectivity index (χ2n) is 10.9. The molecule has 0 heterocycles. The summed E-state index contributed by atoms with van der Waals surface area (Å²) in [5, 5.41) is 2.73. The SMILES string of the molecule is COCC(=O)CCCNC(=O)CCC(=O)CCCOCCOc1ccc(C(=O)C[C@@H]2CCCc3ccccc3C2)cc1. The number of carbonyl (C=O) groups is 4. The van der Waals surface area contributed by atoms with Crippen molar-refractivity contribution in [3.8, 4) is 5.75 Å². The lowest BCUT2D eigenvalue weighted by molar-refractivity contribution is -0.125. The number of benzene rings is 2. The molecule has 42 heavy (non-hydrogen) atoms. The maximum Gasteiger partial charge on any atom is 0.220 e. The summed E-state index contributed by atoms with van der Waals surface area (Å²) in [6.07, 6.45) is 7.06. The lowest BCUT2D eigenvalue weighted by atomic mass is 9.90. The van der Waals surface area contributed by atoms with Gasteiger partial charge in [0, 0.05) is 57.9 Å². The van der Waals surface area contributed by atoms with Crippen LogP contribution in [0.5, 0.6) is 5.75 Å². The fourth-order valence-corrected chi connectivity index (χ4v) is 5.19. The highest BCUT2D eigenvalue weighted by molar-refractivity contribution is 5.96. The van der Waals surface area contributed by atoms with Gasteiger partial charge in [-0.1, -0.05) is 24.3 Å². The molecule has 0 saturated heterocycles. The molecule has 228 valence electrons. The average molecular weight is 580 g/mol. The maximum absolute atomic E-state index is 12.9. The number of hydrogen-bond donors (Lipinski definition) is 1. The lowest BCUT2D eigenvalue weighted by Gasteiger charge is -2.14. The number of ether oxygens (including phenoxy) is 3. The van der Waals surface area contributed by atoms with Crippen LogP contribution >= 0.6 is 0 Å². The van der Waals surface area contributed by atoms with Crippen LogP contribution in [0, 0.1) is 5.92 Å². The molecule has 0 aromatic heterocycles. The number of amides is 1. The van der Waals surface area contributed by atoms with Crippen LogP contribution in [0.15, 0.2) is 48.5 Å². The number of Topliss-reactive ketones (excluding diaryl/α,β-unsaturated/α-hetero) is 3. The smallest absolute Gasteiger partial charge is 0.220 e. The standard InChI is InChI=1S/C34H45NO7/c1-40-25-31(37)11-5-19-35-34(39)18-15-30(36)12-6-20-41-21-22-42-32-16-13-28(14-17-32)33(38)24-26-7-4-10-27-8-2-3-9-29(27)23-26/h2-3,8-9,13-14,16-17,26H,4-7,10-12,15,18-25H2,1H3,(H,35,39)/t26-/m1/s1. The molecule has 8 nitrogen and oxygen atoms in total. The van der Waals surface area contributed by atoms with Crippen molar-refractivity contribution in [2.45, 2.75) is 70.6 Å². The molecule has 3 rings (SSSR count). The second-order valence-corrected chi connectivity index (χ2v) is 10.9. The van der Waals surface area contributed by atoms with E-state index < -0.39 is 0 Å². The van der Waals surface area contributed by atoms with Gasteiger partial charge in [-0.05, 0) is 79.8 Å². The summed E-state index contributed by atoms with van der Waals surface area (Å²) in [6, 6.07) is 15.9. The Morgan fingerprint density at radius 1 is 0.833 bits per heavy atom. The number of hydrogen-bond acceptors (Lipinski definition) is 7. The van der Waals surface area contributed by atoms with Crippen LogP contribution in [0.25, 0.3) is 0 Å². The molecule has 1 amide bonds. The molecular weight excluding hydrogens is 534 g/mol. The van der Waals surface area contributed by atoms with E-state index in [2.05, 4.69) is 29.6 Å². The first-order valence-corrected chi connectivity index (χ1v) is 15.1. The number of aryl methyl sites for hydroxylation is 1. The van der Waals surface area contributed by atoms with Gasteiger partial charge < -0.3 is 19.5 Å². The molecule has 0 fully saturated rings. The van der Waals surface area contributed by atoms with Gasteiger partial charge in [-0.15, -0.1) is 0 Å². The molecule has 0 unspecified atom stereocenters. The number of carbonyl (C=O) groups excluding carboxylic acids is 4. The number of rotatable bonds is 20. The average Bonchev–Trinajstić information content (AvgIpc) is 3.20. The predicted molar refractivity (Wildman–Crippen MR) is 161 cm³/mol. The largest absolute Gasteiger partial charge is 0.491 e. The zero-order valence-corrected chi connectivity index (χ0v) is 24.9. The maximum atomic E-state index is 12.9. The van der Waals surface area contributed by atoms with Gasteiger partial charge in [-0.3, -0.25) is 19.2 Å². The Kier molecular flexibility index (Phi) is 15.0. The van der Waals surface area contributed by atoms with E-state index in [9.17, 15) is 19.2 Å². The van der Waals surface area contributed by atoms with E-state index in [4.69, 9.17) is 14.2 Å². The molecular formula is C34H45NO7. The molecule has 1 aliphatic carbocycles. The van der Waals surface area contributed by atoms with Crippen molar-refractivity contribution >= 4 is 23.3 Å². The van der Waals surface area contributed by atoms with Crippen molar-refractivity contribution in [3.05, 3.63) is 65.2 Å². The van der Waals surface area contributed by atoms with E-state index in [1.165, 1.54) is 18.2 Å². The molecule has 8 heteroatoms. The van der Waals surface area contributed by atoms with Crippen LogP contribution in [-0.4, -0.2) is 63.3 Å². The third-order valence-corrected chi connectivity index (χ3v) is 7.47. The highest BCUT2D eigenvalue weighted by atomic mass is 16.5. The Balaban J connectivity index is 1.20. The van der Waals surface area contributed by atoms with Crippen LogP contribution in [0.4, 0.5) is 0 Å². The monoisotopic (exact) mass is 579 g/mol. The highest BCUT2D eigenvalue weighted by Crippen LogP contribution is 2.28. The third kappa shape index (κ3) is 12.7. The summed E-state index contributed by atoms with van der Waals surface area (Å²) < 4.78 is 16.1. The van der Waals surface area contributed by atoms with Crippen molar-refractivity contribution in [1.82, 2.24) is 5.32 Å². The molecule has 0 bridgehead atoms. The quantitative estimate of drug-likeness (QED) is 0.132. The predicted octanol–water partition coefficient (Wildman–Crippen LogP) is 5.09. The number of methoxy groups -OCH3 is 1. The van der Waals surface area contributed by atoms with Crippen molar-refractivity contribution in [3.63, 3.8) is 0 Å². The summed E-state index contributed by atoms with van der Waals surface area (Å²) in [5.41, 5.74) is 3.52. The van der Waals surface area contributed by atoms with Gasteiger partial charge in [0.25, 0.3) is 0 Å².